The van der Waals surface area contributed by atoms with Crippen LogP contribution in [0.3, 0.4) is 0 Å². The van der Waals surface area contributed by atoms with Gasteiger partial charge < -0.3 is 18.3 Å². The van der Waals surface area contributed by atoms with E-state index in [9.17, 15) is 0 Å². The van der Waals surface area contributed by atoms with Crippen LogP contribution in [-0.2, 0) is 0 Å². The first kappa shape index (κ1) is 26.3. The van der Waals surface area contributed by atoms with Crippen molar-refractivity contribution in [1.82, 2.24) is 4.57 Å². The third-order valence-electron chi connectivity index (χ3n) is 11.0. The minimum atomic E-state index is -0.439. The van der Waals surface area contributed by atoms with E-state index in [2.05, 4.69) is 83.4 Å². The largest absolute Gasteiger partial charge is 0.456 e. The van der Waals surface area contributed by atoms with Gasteiger partial charge in [-0.05, 0) is 119 Å². The average Bonchev–Trinajstić information content (AvgIpc) is 3.98. The van der Waals surface area contributed by atoms with E-state index in [1.165, 1.54) is 0 Å². The number of rotatable bonds is 5. The Bertz CT molecular complexity index is 3750. The summed E-state index contributed by atoms with van der Waals surface area (Å²) in [5.74, 6) is 0. The highest BCUT2D eigenvalue weighted by Crippen LogP contribution is 2.42. The fourth-order valence-corrected chi connectivity index (χ4v) is 8.52. The highest BCUT2D eigenvalue weighted by molar-refractivity contribution is 6.23. The van der Waals surface area contributed by atoms with Gasteiger partial charge in [0.25, 0.3) is 0 Å². The van der Waals surface area contributed by atoms with Crippen LogP contribution in [0, 0.1) is 0 Å². The number of furan rings is 2. The van der Waals surface area contributed by atoms with E-state index >= 15 is 0 Å². The Morgan fingerprint density at radius 1 is 0.411 bits per heavy atom. The van der Waals surface area contributed by atoms with Crippen LogP contribution in [0.15, 0.2) is 203 Å². The molecule has 0 unspecified atom stereocenters. The van der Waals surface area contributed by atoms with Crippen molar-refractivity contribution in [2.24, 2.45) is 0 Å². The Hall–Kier alpha value is -7.56. The van der Waals surface area contributed by atoms with Crippen LogP contribution in [0.2, 0.25) is 0 Å². The van der Waals surface area contributed by atoms with E-state index in [1.54, 1.807) is 4.90 Å². The molecular formula is C52H32N2O2. The predicted molar refractivity (Wildman–Crippen MR) is 233 cm³/mol. The van der Waals surface area contributed by atoms with Crippen molar-refractivity contribution in [1.29, 1.82) is 0 Å². The highest BCUT2D eigenvalue weighted by Gasteiger charge is 2.19. The van der Waals surface area contributed by atoms with Gasteiger partial charge in [0.2, 0.25) is 0 Å². The first-order valence-corrected chi connectivity index (χ1v) is 18.6. The van der Waals surface area contributed by atoms with Gasteiger partial charge in [0, 0.05) is 55.1 Å². The Morgan fingerprint density at radius 2 is 1.07 bits per heavy atom. The molecule has 4 heteroatoms. The van der Waals surface area contributed by atoms with Crippen LogP contribution in [0.4, 0.5) is 17.1 Å². The van der Waals surface area contributed by atoms with Crippen LogP contribution < -0.4 is 4.90 Å². The lowest BCUT2D eigenvalue weighted by Gasteiger charge is -2.25. The smallest absolute Gasteiger partial charge is 0.136 e. The van der Waals surface area contributed by atoms with Gasteiger partial charge in [-0.3, -0.25) is 0 Å². The Labute approximate surface area is 328 Å². The maximum absolute atomic E-state index is 8.99. The SMILES string of the molecule is [2H]c1c([2H])c([2H])c(N(c2ccc(-c3ccc4c(c3)c3cc5ccc6oc7ccccc7c6c5cc3n4-c3ccccc3)cc2)c2ccc3oc4ccccc4c3c2)c([2H])c1[2H]. The molecule has 0 spiro atoms. The van der Waals surface area contributed by atoms with Gasteiger partial charge >= 0.3 is 0 Å². The highest BCUT2D eigenvalue weighted by atomic mass is 16.3. The van der Waals surface area contributed by atoms with Crippen molar-refractivity contribution in [2.45, 2.75) is 0 Å². The number of benzene rings is 9. The fraction of sp³-hybridized carbons (Fsp3) is 0. The first-order valence-electron chi connectivity index (χ1n) is 21.1. The van der Waals surface area contributed by atoms with E-state index < -0.39 is 18.1 Å². The lowest BCUT2D eigenvalue weighted by Crippen LogP contribution is -2.09. The summed E-state index contributed by atoms with van der Waals surface area (Å²) in [6.45, 7) is 0. The molecule has 4 nitrogen and oxygen atoms in total. The lowest BCUT2D eigenvalue weighted by atomic mass is 9.99. The van der Waals surface area contributed by atoms with Gasteiger partial charge in [0.1, 0.15) is 22.3 Å². The summed E-state index contributed by atoms with van der Waals surface area (Å²) in [6.07, 6.45) is 0. The molecule has 0 saturated heterocycles. The molecule has 0 N–H and O–H groups in total. The quantitative estimate of drug-likeness (QED) is 0.177. The van der Waals surface area contributed by atoms with E-state index in [0.717, 1.165) is 87.7 Å². The number of anilines is 3. The number of nitrogens with zero attached hydrogens (tertiary/aromatic N) is 2. The van der Waals surface area contributed by atoms with Crippen LogP contribution in [0.1, 0.15) is 6.85 Å². The number of para-hydroxylation sites is 4. The third-order valence-corrected chi connectivity index (χ3v) is 11.0. The number of aromatic nitrogens is 1. The predicted octanol–water partition coefficient (Wildman–Crippen LogP) is 14.9. The molecule has 262 valence electrons. The van der Waals surface area contributed by atoms with E-state index in [0.29, 0.717) is 17.0 Å². The van der Waals surface area contributed by atoms with E-state index in [4.69, 9.17) is 15.7 Å². The molecule has 0 aliphatic rings. The molecule has 0 atom stereocenters. The monoisotopic (exact) mass is 721 g/mol. The molecule has 9 aromatic carbocycles. The summed E-state index contributed by atoms with van der Waals surface area (Å²) in [5, 5.41) is 8.49. The summed E-state index contributed by atoms with van der Waals surface area (Å²) >= 11 is 0. The van der Waals surface area contributed by atoms with Crippen molar-refractivity contribution >= 4 is 93.5 Å². The summed E-state index contributed by atoms with van der Waals surface area (Å²) in [4.78, 5) is 1.74. The van der Waals surface area contributed by atoms with Gasteiger partial charge in [-0.1, -0.05) is 97.0 Å². The molecule has 0 bridgehead atoms. The maximum atomic E-state index is 8.99. The zero-order valence-electron chi connectivity index (χ0n) is 34.8. The molecule has 12 aromatic rings. The summed E-state index contributed by atoms with van der Waals surface area (Å²) in [7, 11) is 0. The summed E-state index contributed by atoms with van der Waals surface area (Å²) in [5.41, 5.74) is 9.74. The molecule has 0 amide bonds. The summed E-state index contributed by atoms with van der Waals surface area (Å²) < 4.78 is 58.1. The second-order valence-corrected chi connectivity index (χ2v) is 14.2. The Balaban J connectivity index is 1.03. The Kier molecular flexibility index (Phi) is 5.61. The molecule has 3 aromatic heterocycles. The number of fused-ring (bicyclic) bond motifs is 11. The number of hydrogen-bond donors (Lipinski definition) is 0. The lowest BCUT2D eigenvalue weighted by molar-refractivity contribution is 0.668. The molecule has 56 heavy (non-hydrogen) atoms. The molecule has 12 rings (SSSR count). The molecule has 0 aliphatic carbocycles. The zero-order valence-corrected chi connectivity index (χ0v) is 29.8. The van der Waals surface area contributed by atoms with E-state index in [-0.39, 0.29) is 17.8 Å². The van der Waals surface area contributed by atoms with Crippen molar-refractivity contribution < 1.29 is 15.7 Å². The van der Waals surface area contributed by atoms with Crippen molar-refractivity contribution in [3.05, 3.63) is 194 Å². The summed E-state index contributed by atoms with van der Waals surface area (Å²) in [6, 6.07) is 53.6. The molecule has 0 saturated carbocycles. The third kappa shape index (κ3) is 4.66. The molecular weight excluding hydrogens is 685 g/mol. The van der Waals surface area contributed by atoms with Crippen LogP contribution >= 0.6 is 0 Å². The molecule has 0 aliphatic heterocycles. The minimum Gasteiger partial charge on any atom is -0.456 e. The van der Waals surface area contributed by atoms with Crippen LogP contribution in [0.25, 0.3) is 93.3 Å². The van der Waals surface area contributed by atoms with Crippen molar-refractivity contribution in [3.63, 3.8) is 0 Å². The van der Waals surface area contributed by atoms with Gasteiger partial charge in [-0.2, -0.15) is 0 Å². The standard InChI is InChI=1S/C52H32N2O2/c1-3-11-36(12-4-1)53(39-25-28-50-45(31-39)40-15-7-9-17-48(40)55-50)38-23-19-33(20-24-38)34-21-26-46-43(29-34)44-30-35-22-27-51-52(41-16-8-10-18-49(41)56-51)42(35)32-47(44)54(46)37-13-5-2-6-14-37/h1-32H/i1D,3D,4D,11D,12D. The molecule has 0 radical (unpaired) electrons. The van der Waals surface area contributed by atoms with E-state index in [1.807, 2.05) is 84.9 Å². The minimum absolute atomic E-state index is 0.0639. The zero-order chi connectivity index (χ0) is 41.1. The van der Waals surface area contributed by atoms with Crippen molar-refractivity contribution in [2.75, 3.05) is 4.90 Å². The Morgan fingerprint density at radius 3 is 1.91 bits per heavy atom. The molecule has 0 fully saturated rings. The van der Waals surface area contributed by atoms with Gasteiger partial charge in [0.15, 0.2) is 0 Å². The second-order valence-electron chi connectivity index (χ2n) is 14.2. The van der Waals surface area contributed by atoms with Crippen molar-refractivity contribution in [3.8, 4) is 16.8 Å². The normalized spacial score (nSPS) is 13.2. The van der Waals surface area contributed by atoms with Crippen LogP contribution in [-0.4, -0.2) is 4.57 Å². The van der Waals surface area contributed by atoms with Gasteiger partial charge in [0.05, 0.1) is 17.9 Å². The van der Waals surface area contributed by atoms with Crippen LogP contribution in [0.5, 0.6) is 0 Å². The maximum Gasteiger partial charge on any atom is 0.136 e. The van der Waals surface area contributed by atoms with Gasteiger partial charge in [-0.25, -0.2) is 0 Å². The number of hydrogen-bond acceptors (Lipinski definition) is 3. The van der Waals surface area contributed by atoms with Gasteiger partial charge in [-0.15, -0.1) is 0 Å². The molecule has 3 heterocycles. The average molecular weight is 722 g/mol. The first-order chi connectivity index (χ1) is 29.8. The topological polar surface area (TPSA) is 34.5 Å². The second kappa shape index (κ2) is 12.0. The fourth-order valence-electron chi connectivity index (χ4n) is 8.52.